The van der Waals surface area contributed by atoms with Crippen LogP contribution in [0.25, 0.3) is 0 Å². The number of rotatable bonds is 20. The van der Waals surface area contributed by atoms with Crippen LogP contribution in [0.3, 0.4) is 0 Å². The number of methoxy groups -OCH3 is 2. The Labute approximate surface area is 318 Å². The monoisotopic (exact) mass is 748 g/mol. The third kappa shape index (κ3) is 8.45. The maximum absolute atomic E-state index is 13.6. The molecular formula is C42H56N2O10. The van der Waals surface area contributed by atoms with E-state index in [1.807, 2.05) is 32.0 Å². The number of fused-ring (bicyclic) bond motifs is 2. The highest BCUT2D eigenvalue weighted by atomic mass is 16.7. The minimum atomic E-state index is -1.37. The Morgan fingerprint density at radius 2 is 1.80 bits per heavy atom. The molecule has 1 saturated carbocycles. The van der Waals surface area contributed by atoms with Crippen LogP contribution in [0.15, 0.2) is 65.9 Å². The number of carbonyl (C=O) groups is 2. The van der Waals surface area contributed by atoms with E-state index in [2.05, 4.69) is 12.7 Å². The lowest BCUT2D eigenvalue weighted by Gasteiger charge is -2.59. The van der Waals surface area contributed by atoms with Gasteiger partial charge in [0.25, 0.3) is 0 Å². The van der Waals surface area contributed by atoms with Gasteiger partial charge in [-0.1, -0.05) is 37.1 Å². The van der Waals surface area contributed by atoms with Gasteiger partial charge in [0.15, 0.2) is 6.29 Å². The maximum Gasteiger partial charge on any atom is 0.409 e. The number of ether oxygens (including phenoxy) is 5. The predicted octanol–water partition coefficient (Wildman–Crippen LogP) is 7.43. The fourth-order valence-electron chi connectivity index (χ4n) is 8.59. The molecule has 5 rings (SSSR count). The van der Waals surface area contributed by atoms with Crippen LogP contribution >= 0.6 is 0 Å². The first-order valence-electron chi connectivity index (χ1n) is 19.2. The number of benzene rings is 2. The van der Waals surface area contributed by atoms with E-state index in [-0.39, 0.29) is 37.6 Å². The number of oxime groups is 1. The molecule has 2 aliphatic carbocycles. The van der Waals surface area contributed by atoms with Crippen molar-refractivity contribution in [3.05, 3.63) is 71.8 Å². The Balaban J connectivity index is 1.76. The first-order valence-corrected chi connectivity index (χ1v) is 19.2. The number of hydrogen-bond donors (Lipinski definition) is 2. The van der Waals surface area contributed by atoms with E-state index < -0.39 is 23.8 Å². The van der Waals surface area contributed by atoms with Crippen LogP contribution in [0.2, 0.25) is 0 Å². The molecule has 6 atom stereocenters. The average molecular weight is 749 g/mol. The molecule has 2 aromatic rings. The molecule has 1 aliphatic heterocycles. The van der Waals surface area contributed by atoms with Gasteiger partial charge in [0.2, 0.25) is 5.79 Å². The zero-order chi connectivity index (χ0) is 38.7. The molecule has 0 aromatic heterocycles. The van der Waals surface area contributed by atoms with Gasteiger partial charge in [-0.2, -0.15) is 0 Å². The Kier molecular flexibility index (Phi) is 14.6. The van der Waals surface area contributed by atoms with Crippen molar-refractivity contribution in [1.29, 1.82) is 0 Å². The van der Waals surface area contributed by atoms with Crippen LogP contribution in [-0.4, -0.2) is 92.2 Å². The number of aldehydes is 1. The summed E-state index contributed by atoms with van der Waals surface area (Å²) in [5.41, 5.74) is 2.96. The molecule has 1 amide bonds. The Morgan fingerprint density at radius 1 is 1.06 bits per heavy atom. The van der Waals surface area contributed by atoms with Crippen molar-refractivity contribution in [2.75, 3.05) is 47.2 Å². The number of hydrogen-bond acceptors (Lipinski definition) is 11. The van der Waals surface area contributed by atoms with Crippen LogP contribution in [0.5, 0.6) is 23.0 Å². The number of nitrogens with zero attached hydrogens (tertiary/aromatic N) is 2. The molecule has 2 N–H and O–H groups in total. The van der Waals surface area contributed by atoms with Gasteiger partial charge in [-0.3, -0.25) is 9.69 Å². The first kappa shape index (κ1) is 40.8. The van der Waals surface area contributed by atoms with Gasteiger partial charge in [-0.25, -0.2) is 4.79 Å². The second-order valence-corrected chi connectivity index (χ2v) is 14.0. The molecule has 294 valence electrons. The Bertz CT molecular complexity index is 1660. The SMILES string of the molecule is C=CCOC12Oc3ccc(Oc4ccc(OC)c(C=O)c4)cc3C3C(CCCCO)C(CCCCO)C=C(C(=NOCC)CC1N(CCC)C(=O)OC)C32. The number of carbonyl (C=O) groups excluding carboxylic acids is 2. The summed E-state index contributed by atoms with van der Waals surface area (Å²) in [6.07, 6.45) is 9.79. The predicted molar refractivity (Wildman–Crippen MR) is 204 cm³/mol. The first-order chi connectivity index (χ1) is 26.3. The molecule has 0 radical (unpaired) electrons. The lowest BCUT2D eigenvalue weighted by molar-refractivity contribution is -0.255. The minimum Gasteiger partial charge on any atom is -0.496 e. The fraction of sp³-hybridized carbons (Fsp3) is 0.548. The molecule has 3 aliphatic rings. The minimum absolute atomic E-state index is 0.0566. The summed E-state index contributed by atoms with van der Waals surface area (Å²) >= 11 is 0. The molecule has 0 spiro atoms. The van der Waals surface area contributed by atoms with E-state index in [1.54, 1.807) is 29.2 Å². The third-order valence-electron chi connectivity index (χ3n) is 10.8. The van der Waals surface area contributed by atoms with Gasteiger partial charge in [-0.05, 0) is 92.8 Å². The number of aliphatic hydroxyl groups excluding tert-OH is 2. The van der Waals surface area contributed by atoms with Gasteiger partial charge >= 0.3 is 6.09 Å². The summed E-state index contributed by atoms with van der Waals surface area (Å²) < 4.78 is 31.2. The van der Waals surface area contributed by atoms with Crippen molar-refractivity contribution in [3.8, 4) is 23.0 Å². The summed E-state index contributed by atoms with van der Waals surface area (Å²) in [5, 5.41) is 24.3. The van der Waals surface area contributed by atoms with Crippen molar-refractivity contribution in [2.45, 2.75) is 83.0 Å². The van der Waals surface area contributed by atoms with Gasteiger partial charge in [-0.15, -0.1) is 6.58 Å². The van der Waals surface area contributed by atoms with Gasteiger partial charge < -0.3 is 38.7 Å². The summed E-state index contributed by atoms with van der Waals surface area (Å²) in [6, 6.07) is 10.2. The van der Waals surface area contributed by atoms with Gasteiger partial charge in [0.1, 0.15) is 35.6 Å². The molecule has 1 heterocycles. The fourth-order valence-corrected chi connectivity index (χ4v) is 8.59. The standard InChI is InChI=1S/C42H56N2O10/c1-6-19-44(41(48)50-5)38-26-35(43-52-8-3)33-24-28(13-9-11-20-45)32(14-10-12-21-46)39-34-25-31(53-30-15-17-36(49-4)29(23-30)27-47)16-18-37(34)54-42(38,40(33)39)51-22-7-2/h7,15-18,23-25,27-28,32,38-40,45-46H,2,6,8-14,19-22,26H2,1,3-5H3. The van der Waals surface area contributed by atoms with Crippen molar-refractivity contribution in [2.24, 2.45) is 22.9 Å². The summed E-state index contributed by atoms with van der Waals surface area (Å²) in [6.45, 7) is 8.98. The molecule has 0 saturated heterocycles. The smallest absolute Gasteiger partial charge is 0.409 e. The Hall–Kier alpha value is -4.39. The van der Waals surface area contributed by atoms with E-state index >= 15 is 0 Å². The molecule has 54 heavy (non-hydrogen) atoms. The van der Waals surface area contributed by atoms with Crippen LogP contribution in [0.4, 0.5) is 4.79 Å². The summed E-state index contributed by atoms with van der Waals surface area (Å²) in [5.74, 6) is 0.207. The lowest BCUT2D eigenvalue weighted by atomic mass is 9.55. The van der Waals surface area contributed by atoms with Crippen molar-refractivity contribution in [3.63, 3.8) is 0 Å². The average Bonchev–Trinajstić information content (AvgIpc) is 3.19. The third-order valence-corrected chi connectivity index (χ3v) is 10.8. The van der Waals surface area contributed by atoms with Crippen LogP contribution < -0.4 is 14.2 Å². The van der Waals surface area contributed by atoms with E-state index in [0.717, 1.165) is 48.8 Å². The van der Waals surface area contributed by atoms with E-state index in [4.69, 9.17) is 33.7 Å². The van der Waals surface area contributed by atoms with Crippen LogP contribution in [0.1, 0.15) is 87.1 Å². The largest absolute Gasteiger partial charge is 0.496 e. The zero-order valence-corrected chi connectivity index (χ0v) is 32.0. The zero-order valence-electron chi connectivity index (χ0n) is 32.0. The molecule has 2 aromatic carbocycles. The topological polar surface area (TPSA) is 146 Å². The maximum atomic E-state index is 13.6. The molecule has 1 fully saturated rings. The number of allylic oxidation sites excluding steroid dienone is 1. The van der Waals surface area contributed by atoms with Crippen molar-refractivity contribution >= 4 is 18.1 Å². The second kappa shape index (κ2) is 19.3. The quantitative estimate of drug-likeness (QED) is 0.0607. The summed E-state index contributed by atoms with van der Waals surface area (Å²) in [4.78, 5) is 32.9. The molecule has 12 nitrogen and oxygen atoms in total. The normalized spacial score (nSPS) is 24.7. The van der Waals surface area contributed by atoms with Gasteiger partial charge in [0.05, 0.1) is 38.0 Å². The highest BCUT2D eigenvalue weighted by Crippen LogP contribution is 2.62. The highest BCUT2D eigenvalue weighted by molar-refractivity contribution is 6.03. The van der Waals surface area contributed by atoms with Crippen molar-refractivity contribution in [1.82, 2.24) is 4.90 Å². The molecular weight excluding hydrogens is 692 g/mol. The number of unbranched alkanes of at least 4 members (excludes halogenated alkanes) is 2. The molecule has 12 heteroatoms. The van der Waals surface area contributed by atoms with Crippen molar-refractivity contribution < 1.29 is 48.3 Å². The lowest BCUT2D eigenvalue weighted by Crippen LogP contribution is -2.70. The Morgan fingerprint density at radius 3 is 2.46 bits per heavy atom. The van der Waals surface area contributed by atoms with E-state index in [9.17, 15) is 19.8 Å². The second-order valence-electron chi connectivity index (χ2n) is 14.0. The molecule has 6 unspecified atom stereocenters. The molecule has 0 bridgehead atoms. The number of aliphatic hydroxyl groups is 2. The van der Waals surface area contributed by atoms with E-state index in [0.29, 0.717) is 67.4 Å². The van der Waals surface area contributed by atoms with E-state index in [1.165, 1.54) is 14.2 Å². The van der Waals surface area contributed by atoms with Crippen LogP contribution in [0, 0.1) is 17.8 Å². The number of amides is 1. The highest BCUT2D eigenvalue weighted by Gasteiger charge is 2.65. The van der Waals surface area contributed by atoms with Crippen LogP contribution in [-0.2, 0) is 14.3 Å². The van der Waals surface area contributed by atoms with Gasteiger partial charge in [0, 0.05) is 37.7 Å². The summed E-state index contributed by atoms with van der Waals surface area (Å²) in [7, 11) is 2.89.